The van der Waals surface area contributed by atoms with E-state index in [0.29, 0.717) is 11.8 Å². The van der Waals surface area contributed by atoms with Crippen LogP contribution in [0.25, 0.3) is 0 Å². The van der Waals surface area contributed by atoms with Crippen molar-refractivity contribution < 1.29 is 4.73 Å². The minimum atomic E-state index is 0.468. The molecular weight excluding hydrogens is 174 g/mol. The van der Waals surface area contributed by atoms with Gasteiger partial charge in [0, 0.05) is 18.6 Å². The minimum Gasteiger partial charge on any atom is -0.619 e. The molecule has 2 heteroatoms. The van der Waals surface area contributed by atoms with Gasteiger partial charge in [0.1, 0.15) is 0 Å². The van der Waals surface area contributed by atoms with Crippen LogP contribution in [0.1, 0.15) is 44.4 Å². The third kappa shape index (κ3) is 2.72. The maximum absolute atomic E-state index is 11.3. The summed E-state index contributed by atoms with van der Waals surface area (Å²) in [5, 5.41) is 11.3. The summed E-state index contributed by atoms with van der Waals surface area (Å²) < 4.78 is 0.951. The molecule has 0 saturated carbocycles. The van der Waals surface area contributed by atoms with Gasteiger partial charge in [-0.2, -0.15) is 4.73 Å². The summed E-state index contributed by atoms with van der Waals surface area (Å²) in [4.78, 5) is 0. The third-order valence-electron chi connectivity index (χ3n) is 2.52. The van der Waals surface area contributed by atoms with Crippen molar-refractivity contribution in [2.24, 2.45) is 5.92 Å². The highest BCUT2D eigenvalue weighted by atomic mass is 16.5. The molecule has 1 aromatic rings. The van der Waals surface area contributed by atoms with E-state index in [9.17, 15) is 5.21 Å². The van der Waals surface area contributed by atoms with E-state index in [1.165, 1.54) is 0 Å². The maximum Gasteiger partial charge on any atom is 0.189 e. The normalized spacial score (nSPS) is 13.2. The van der Waals surface area contributed by atoms with Gasteiger partial charge in [0.2, 0.25) is 0 Å². The molecule has 1 heterocycles. The Bertz CT molecular complexity index is 307. The maximum atomic E-state index is 11.3. The summed E-state index contributed by atoms with van der Waals surface area (Å²) in [6.45, 7) is 8.40. The molecule has 0 bridgehead atoms. The number of hydrogen-bond acceptors (Lipinski definition) is 1. The number of nitrogens with zero attached hydrogens (tertiary/aromatic N) is 1. The van der Waals surface area contributed by atoms with Crippen LogP contribution < -0.4 is 4.73 Å². The van der Waals surface area contributed by atoms with E-state index in [0.717, 1.165) is 22.4 Å². The van der Waals surface area contributed by atoms with Crippen LogP contribution in [0.4, 0.5) is 0 Å². The van der Waals surface area contributed by atoms with Crippen molar-refractivity contribution in [3.05, 3.63) is 34.8 Å². The Labute approximate surface area is 86.2 Å². The largest absolute Gasteiger partial charge is 0.619 e. The van der Waals surface area contributed by atoms with Crippen LogP contribution in [-0.2, 0) is 0 Å². The van der Waals surface area contributed by atoms with Gasteiger partial charge < -0.3 is 5.21 Å². The molecule has 2 nitrogen and oxygen atoms in total. The first-order valence-corrected chi connectivity index (χ1v) is 5.20. The van der Waals surface area contributed by atoms with Crippen molar-refractivity contribution in [3.8, 4) is 0 Å². The number of hydrogen-bond donors (Lipinski definition) is 0. The fourth-order valence-corrected chi connectivity index (χ4v) is 1.71. The first kappa shape index (κ1) is 11.0. The van der Waals surface area contributed by atoms with E-state index in [-0.39, 0.29) is 0 Å². The summed E-state index contributed by atoms with van der Waals surface area (Å²) in [6, 6.07) is 3.94. The minimum absolute atomic E-state index is 0.468. The summed E-state index contributed by atoms with van der Waals surface area (Å²) in [6.07, 6.45) is 2.82. The average Bonchev–Trinajstić information content (AvgIpc) is 2.08. The van der Waals surface area contributed by atoms with Crippen LogP contribution in [0.3, 0.4) is 0 Å². The second-order valence-electron chi connectivity index (χ2n) is 4.46. The van der Waals surface area contributed by atoms with Gasteiger partial charge in [0.25, 0.3) is 0 Å². The zero-order chi connectivity index (χ0) is 10.7. The molecule has 1 atom stereocenters. The molecule has 0 aliphatic carbocycles. The fraction of sp³-hybridized carbons (Fsp3) is 0.583. The van der Waals surface area contributed by atoms with Gasteiger partial charge in [-0.15, -0.1) is 0 Å². The lowest BCUT2D eigenvalue weighted by Gasteiger charge is -2.13. The Balaban J connectivity index is 2.80. The smallest absolute Gasteiger partial charge is 0.189 e. The van der Waals surface area contributed by atoms with E-state index in [1.807, 2.05) is 13.0 Å². The quantitative estimate of drug-likeness (QED) is 0.535. The molecule has 14 heavy (non-hydrogen) atoms. The summed E-state index contributed by atoms with van der Waals surface area (Å²) in [5.74, 6) is 1.14. The Morgan fingerprint density at radius 1 is 1.29 bits per heavy atom. The molecule has 0 aliphatic heterocycles. The van der Waals surface area contributed by atoms with Crippen LogP contribution in [0, 0.1) is 18.0 Å². The molecule has 0 aliphatic rings. The van der Waals surface area contributed by atoms with Crippen molar-refractivity contribution in [1.82, 2.24) is 0 Å². The molecule has 78 valence electrons. The van der Waals surface area contributed by atoms with Crippen molar-refractivity contribution in [1.29, 1.82) is 0 Å². The monoisotopic (exact) mass is 193 g/mol. The second-order valence-corrected chi connectivity index (χ2v) is 4.46. The molecule has 1 unspecified atom stereocenters. The highest BCUT2D eigenvalue weighted by Crippen LogP contribution is 2.21. The van der Waals surface area contributed by atoms with Crippen molar-refractivity contribution in [2.45, 2.75) is 40.0 Å². The Morgan fingerprint density at radius 3 is 2.43 bits per heavy atom. The molecule has 0 radical (unpaired) electrons. The standard InChI is InChI=1S/C12H19NO/c1-9(2)7-10(3)12-6-5-11(4)13(14)8-12/h5-6,8-10H,7H2,1-4H3. The first-order valence-electron chi connectivity index (χ1n) is 5.20. The number of aromatic nitrogens is 1. The van der Waals surface area contributed by atoms with Crippen LogP contribution in [0.15, 0.2) is 18.3 Å². The zero-order valence-corrected chi connectivity index (χ0v) is 9.45. The summed E-state index contributed by atoms with van der Waals surface area (Å²) >= 11 is 0. The Hall–Kier alpha value is -1.05. The topological polar surface area (TPSA) is 26.9 Å². The first-order chi connectivity index (χ1) is 6.50. The summed E-state index contributed by atoms with van der Waals surface area (Å²) in [7, 11) is 0. The fourth-order valence-electron chi connectivity index (χ4n) is 1.71. The lowest BCUT2D eigenvalue weighted by Crippen LogP contribution is -2.30. The molecule has 0 saturated heterocycles. The van der Waals surface area contributed by atoms with Crippen molar-refractivity contribution >= 4 is 0 Å². The van der Waals surface area contributed by atoms with Gasteiger partial charge in [0.15, 0.2) is 11.9 Å². The molecule has 1 rings (SSSR count). The molecule has 0 N–H and O–H groups in total. The average molecular weight is 193 g/mol. The van der Waals surface area contributed by atoms with Gasteiger partial charge in [0.05, 0.1) is 0 Å². The molecular formula is C12H19NO. The van der Waals surface area contributed by atoms with Crippen LogP contribution in [0.2, 0.25) is 0 Å². The molecule has 0 amide bonds. The van der Waals surface area contributed by atoms with Gasteiger partial charge in [-0.3, -0.25) is 0 Å². The number of aryl methyl sites for hydroxylation is 1. The van der Waals surface area contributed by atoms with E-state index >= 15 is 0 Å². The van der Waals surface area contributed by atoms with Gasteiger partial charge in [-0.25, -0.2) is 0 Å². The number of rotatable bonds is 3. The molecule has 0 spiro atoms. The van der Waals surface area contributed by atoms with Crippen LogP contribution >= 0.6 is 0 Å². The number of pyridine rings is 1. The molecule has 0 aromatic carbocycles. The van der Waals surface area contributed by atoms with Gasteiger partial charge >= 0.3 is 0 Å². The highest BCUT2D eigenvalue weighted by Gasteiger charge is 2.11. The van der Waals surface area contributed by atoms with E-state index in [2.05, 4.69) is 26.8 Å². The van der Waals surface area contributed by atoms with Crippen LogP contribution in [0.5, 0.6) is 0 Å². The van der Waals surface area contributed by atoms with Gasteiger partial charge in [-0.05, 0) is 24.3 Å². The van der Waals surface area contributed by atoms with E-state index < -0.39 is 0 Å². The SMILES string of the molecule is Cc1ccc(C(C)CC(C)C)c[n+]1[O-]. The second kappa shape index (κ2) is 4.45. The van der Waals surface area contributed by atoms with Crippen molar-refractivity contribution in [3.63, 3.8) is 0 Å². The lowest BCUT2D eigenvalue weighted by molar-refractivity contribution is -0.612. The molecule has 0 fully saturated rings. The van der Waals surface area contributed by atoms with E-state index in [1.54, 1.807) is 6.20 Å². The highest BCUT2D eigenvalue weighted by molar-refractivity contribution is 5.13. The Morgan fingerprint density at radius 2 is 1.93 bits per heavy atom. The Kier molecular flexibility index (Phi) is 3.50. The third-order valence-corrected chi connectivity index (χ3v) is 2.52. The lowest BCUT2D eigenvalue weighted by atomic mass is 9.93. The predicted octanol–water partition coefficient (Wildman–Crippen LogP) is 2.78. The van der Waals surface area contributed by atoms with Gasteiger partial charge in [-0.1, -0.05) is 20.8 Å². The summed E-state index contributed by atoms with van der Waals surface area (Å²) in [5.41, 5.74) is 1.89. The predicted molar refractivity (Wildman–Crippen MR) is 58.0 cm³/mol. The van der Waals surface area contributed by atoms with Crippen LogP contribution in [-0.4, -0.2) is 0 Å². The van der Waals surface area contributed by atoms with E-state index in [4.69, 9.17) is 0 Å². The zero-order valence-electron chi connectivity index (χ0n) is 9.45. The van der Waals surface area contributed by atoms with Crippen molar-refractivity contribution in [2.75, 3.05) is 0 Å². The molecule has 1 aromatic heterocycles.